The summed E-state index contributed by atoms with van der Waals surface area (Å²) in [6.07, 6.45) is 9.74. The third-order valence-corrected chi connectivity index (χ3v) is 10.0. The maximum absolute atomic E-state index is 12.7. The van der Waals surface area contributed by atoms with Crippen molar-refractivity contribution in [1.29, 1.82) is 0 Å². The van der Waals surface area contributed by atoms with Crippen LogP contribution in [0.3, 0.4) is 0 Å². The van der Waals surface area contributed by atoms with Crippen LogP contribution in [0.2, 0.25) is 19.6 Å². The molecular weight excluding hydrogens is 380 g/mol. The number of hydrogen-bond donors (Lipinski definition) is 0. The molecule has 5 heteroatoms. The van der Waals surface area contributed by atoms with Gasteiger partial charge in [-0.2, -0.15) is 0 Å². The fourth-order valence-corrected chi connectivity index (χ4v) is 9.19. The van der Waals surface area contributed by atoms with E-state index in [9.17, 15) is 9.59 Å². The summed E-state index contributed by atoms with van der Waals surface area (Å²) in [6, 6.07) is 0. The van der Waals surface area contributed by atoms with E-state index in [-0.39, 0.29) is 22.9 Å². The Morgan fingerprint density at radius 1 is 1.14 bits per heavy atom. The van der Waals surface area contributed by atoms with E-state index >= 15 is 0 Å². The Morgan fingerprint density at radius 3 is 2.59 bits per heavy atom. The van der Waals surface area contributed by atoms with Crippen molar-refractivity contribution in [3.63, 3.8) is 0 Å². The lowest BCUT2D eigenvalue weighted by molar-refractivity contribution is -0.147. The van der Waals surface area contributed by atoms with E-state index in [2.05, 4.69) is 32.6 Å². The van der Waals surface area contributed by atoms with Crippen molar-refractivity contribution in [3.8, 4) is 0 Å². The molecule has 0 aromatic carbocycles. The quantitative estimate of drug-likeness (QED) is 0.475. The molecule has 5 aliphatic rings. The van der Waals surface area contributed by atoms with Gasteiger partial charge in [0.2, 0.25) is 8.32 Å². The SMILES string of the molecule is CC(=O)OC1[C@@H]2C=C(O[Si](C)(C)C)C[C@@H]3CC[C@@H]4[C@H](CC[C@]5(C)C(=O)CC[C@@H]45)C132. The molecule has 4 fully saturated rings. The van der Waals surface area contributed by atoms with Gasteiger partial charge in [-0.1, -0.05) is 6.92 Å². The first-order chi connectivity index (χ1) is 13.6. The second kappa shape index (κ2) is 6.21. The first kappa shape index (κ1) is 19.8. The molecule has 0 saturated heterocycles. The molecule has 5 rings (SSSR count). The molecule has 4 nitrogen and oxygen atoms in total. The molecule has 4 saturated carbocycles. The van der Waals surface area contributed by atoms with Crippen LogP contribution in [0.1, 0.15) is 58.8 Å². The molecule has 0 bridgehead atoms. The fourth-order valence-electron chi connectivity index (χ4n) is 8.26. The lowest BCUT2D eigenvalue weighted by Crippen LogP contribution is -2.50. The third-order valence-electron chi connectivity index (χ3n) is 9.17. The van der Waals surface area contributed by atoms with E-state index < -0.39 is 8.32 Å². The second-order valence-corrected chi connectivity index (χ2v) is 16.1. The second-order valence-electron chi connectivity index (χ2n) is 11.7. The average molecular weight is 417 g/mol. The molecule has 29 heavy (non-hydrogen) atoms. The summed E-state index contributed by atoms with van der Waals surface area (Å²) < 4.78 is 12.4. The number of fused-ring (bicyclic) bond motifs is 3. The number of carbonyl (C=O) groups excluding carboxylic acids is 2. The lowest BCUT2D eigenvalue weighted by Gasteiger charge is -2.54. The molecule has 0 heterocycles. The van der Waals surface area contributed by atoms with Gasteiger partial charge in [0.1, 0.15) is 11.9 Å². The predicted molar refractivity (Wildman–Crippen MR) is 113 cm³/mol. The van der Waals surface area contributed by atoms with Crippen LogP contribution >= 0.6 is 0 Å². The summed E-state index contributed by atoms with van der Waals surface area (Å²) in [5, 5.41) is 0. The number of rotatable bonds is 3. The number of ether oxygens (including phenoxy) is 1. The molecule has 160 valence electrons. The number of allylic oxidation sites excluding steroid dienone is 1. The topological polar surface area (TPSA) is 52.6 Å². The van der Waals surface area contributed by atoms with Gasteiger partial charge in [-0.15, -0.1) is 0 Å². The van der Waals surface area contributed by atoms with Gasteiger partial charge < -0.3 is 9.16 Å². The zero-order valence-corrected chi connectivity index (χ0v) is 19.6. The van der Waals surface area contributed by atoms with Gasteiger partial charge in [-0.3, -0.25) is 9.59 Å². The zero-order chi connectivity index (χ0) is 20.8. The average Bonchev–Trinajstić information content (AvgIpc) is 3.10. The van der Waals surface area contributed by atoms with Crippen LogP contribution in [0.4, 0.5) is 0 Å². The number of ketones is 1. The Morgan fingerprint density at radius 2 is 1.90 bits per heavy atom. The first-order valence-corrected chi connectivity index (χ1v) is 15.1. The van der Waals surface area contributed by atoms with Crippen molar-refractivity contribution in [1.82, 2.24) is 0 Å². The third kappa shape index (κ3) is 2.75. The molecule has 1 spiro atoms. The largest absolute Gasteiger partial charge is 0.548 e. The molecule has 5 aliphatic carbocycles. The van der Waals surface area contributed by atoms with E-state index in [1.54, 1.807) is 6.92 Å². The molecule has 0 amide bonds. The molecule has 0 N–H and O–H groups in total. The molecule has 8 atom stereocenters. The minimum absolute atomic E-state index is 0.0157. The minimum atomic E-state index is -1.65. The molecule has 2 unspecified atom stereocenters. The summed E-state index contributed by atoms with van der Waals surface area (Å²) in [4.78, 5) is 24.6. The number of carbonyl (C=O) groups is 2. The van der Waals surface area contributed by atoms with Crippen molar-refractivity contribution >= 4 is 20.1 Å². The minimum Gasteiger partial charge on any atom is -0.548 e. The van der Waals surface area contributed by atoms with E-state index in [4.69, 9.17) is 9.16 Å². The monoisotopic (exact) mass is 416 g/mol. The maximum atomic E-state index is 12.7. The van der Waals surface area contributed by atoms with Gasteiger partial charge in [-0.25, -0.2) is 0 Å². The Labute approximate surface area is 175 Å². The van der Waals surface area contributed by atoms with Crippen molar-refractivity contribution in [2.24, 2.45) is 40.4 Å². The molecule has 0 aromatic rings. The number of hydrogen-bond acceptors (Lipinski definition) is 4. The van der Waals surface area contributed by atoms with Gasteiger partial charge in [-0.05, 0) is 81.5 Å². The lowest BCUT2D eigenvalue weighted by atomic mass is 9.49. The summed E-state index contributed by atoms with van der Waals surface area (Å²) in [6.45, 7) is 10.5. The van der Waals surface area contributed by atoms with Crippen LogP contribution in [0, 0.1) is 40.4 Å². The summed E-state index contributed by atoms with van der Waals surface area (Å²) >= 11 is 0. The Kier molecular flexibility index (Phi) is 4.25. The van der Waals surface area contributed by atoms with Gasteiger partial charge in [0, 0.05) is 36.5 Å². The van der Waals surface area contributed by atoms with Gasteiger partial charge in [0.15, 0.2) is 0 Å². The van der Waals surface area contributed by atoms with Crippen LogP contribution in [0.25, 0.3) is 0 Å². The standard InChI is InChI=1S/C24H36O4Si/c1-14(25)27-22-20-13-16(28-29(3,4)5)12-15-6-7-17-18-8-9-21(26)23(18,2)11-10-19(17)24(15,20)22/h13,15,17-20,22H,6-12H2,1-5H3/t15-,17-,18-,19-,20-,22?,23-,24?/m0/s1. The Balaban J connectivity index is 1.49. The van der Waals surface area contributed by atoms with Crippen molar-refractivity contribution in [3.05, 3.63) is 11.8 Å². The number of esters is 1. The highest BCUT2D eigenvalue weighted by molar-refractivity contribution is 6.70. The Hall–Kier alpha value is -1.10. The summed E-state index contributed by atoms with van der Waals surface area (Å²) in [5.41, 5.74) is 0.0103. The maximum Gasteiger partial charge on any atom is 0.302 e. The molecule has 0 radical (unpaired) electrons. The van der Waals surface area contributed by atoms with E-state index in [0.717, 1.165) is 37.9 Å². The summed E-state index contributed by atoms with van der Waals surface area (Å²) in [5.74, 6) is 4.10. The van der Waals surface area contributed by atoms with E-state index in [0.29, 0.717) is 35.4 Å². The highest BCUT2D eigenvalue weighted by atomic mass is 28.4. The van der Waals surface area contributed by atoms with Crippen LogP contribution in [-0.2, 0) is 18.8 Å². The highest BCUT2D eigenvalue weighted by Crippen LogP contribution is 2.76. The summed E-state index contributed by atoms with van der Waals surface area (Å²) in [7, 11) is -1.65. The fraction of sp³-hybridized carbons (Fsp3) is 0.833. The Bertz CT molecular complexity index is 782. The van der Waals surface area contributed by atoms with Crippen LogP contribution < -0.4 is 0 Å². The van der Waals surface area contributed by atoms with E-state index in [1.807, 2.05) is 0 Å². The zero-order valence-electron chi connectivity index (χ0n) is 18.6. The van der Waals surface area contributed by atoms with Gasteiger partial charge in [0.25, 0.3) is 0 Å². The smallest absolute Gasteiger partial charge is 0.302 e. The van der Waals surface area contributed by atoms with E-state index in [1.165, 1.54) is 12.8 Å². The van der Waals surface area contributed by atoms with Gasteiger partial charge in [0.05, 0.1) is 5.76 Å². The van der Waals surface area contributed by atoms with Crippen LogP contribution in [0.15, 0.2) is 11.8 Å². The molecular formula is C24H36O4Si. The van der Waals surface area contributed by atoms with Crippen molar-refractivity contribution in [2.45, 2.75) is 84.5 Å². The highest BCUT2D eigenvalue weighted by Gasteiger charge is 2.77. The van der Waals surface area contributed by atoms with Crippen LogP contribution in [0.5, 0.6) is 0 Å². The van der Waals surface area contributed by atoms with Crippen molar-refractivity contribution < 1.29 is 18.8 Å². The predicted octanol–water partition coefficient (Wildman–Crippen LogP) is 5.10. The molecule has 0 aromatic heterocycles. The van der Waals surface area contributed by atoms with Crippen LogP contribution in [-0.4, -0.2) is 26.2 Å². The molecule has 0 aliphatic heterocycles. The number of Topliss-reactive ketones (excluding diaryl/α,β-unsaturated/α-hetero) is 1. The first-order valence-electron chi connectivity index (χ1n) is 11.7. The van der Waals surface area contributed by atoms with Gasteiger partial charge >= 0.3 is 5.97 Å². The van der Waals surface area contributed by atoms with Crippen molar-refractivity contribution in [2.75, 3.05) is 0 Å². The normalized spacial score (nSPS) is 47.9.